The predicted molar refractivity (Wildman–Crippen MR) is 34.9 cm³/mol. The van der Waals surface area contributed by atoms with Crippen LogP contribution in [-0.2, 0) is 14.3 Å². The van der Waals surface area contributed by atoms with Crippen LogP contribution in [0.1, 0.15) is 13.3 Å². The molecule has 0 aliphatic carbocycles. The van der Waals surface area contributed by atoms with E-state index in [1.165, 1.54) is 0 Å². The van der Waals surface area contributed by atoms with Crippen LogP contribution in [0.4, 0.5) is 0 Å². The number of rotatable bonds is 4. The molecule has 0 aromatic heterocycles. The predicted octanol–water partition coefficient (Wildman–Crippen LogP) is -0.615. The molecule has 0 rings (SSSR count). The molecule has 0 spiro atoms. The Balaban J connectivity index is 3.66. The van der Waals surface area contributed by atoms with Crippen LogP contribution in [0.3, 0.4) is 0 Å². The highest BCUT2D eigenvalue weighted by Gasteiger charge is 2.17. The SMILES string of the molecule is CCOC(=O)C[C@@H](O)C(=O)O. The number of hydrogen-bond donors (Lipinski definition) is 2. The van der Waals surface area contributed by atoms with Crippen LogP contribution in [-0.4, -0.2) is 34.9 Å². The van der Waals surface area contributed by atoms with Gasteiger partial charge in [0.2, 0.25) is 0 Å². The van der Waals surface area contributed by atoms with E-state index in [0.29, 0.717) is 0 Å². The number of carbonyl (C=O) groups is 2. The third-order valence-corrected chi connectivity index (χ3v) is 0.950. The van der Waals surface area contributed by atoms with Crippen molar-refractivity contribution in [3.05, 3.63) is 0 Å². The summed E-state index contributed by atoms with van der Waals surface area (Å²) in [7, 11) is 0. The van der Waals surface area contributed by atoms with E-state index in [1.807, 2.05) is 0 Å². The van der Waals surface area contributed by atoms with E-state index in [9.17, 15) is 9.59 Å². The zero-order valence-corrected chi connectivity index (χ0v) is 6.11. The third kappa shape index (κ3) is 4.32. The topological polar surface area (TPSA) is 83.8 Å². The zero-order chi connectivity index (χ0) is 8.85. The summed E-state index contributed by atoms with van der Waals surface area (Å²) in [6.07, 6.45) is -2.16. The highest BCUT2D eigenvalue weighted by atomic mass is 16.5. The fourth-order valence-electron chi connectivity index (χ4n) is 0.465. The van der Waals surface area contributed by atoms with Crippen molar-refractivity contribution >= 4 is 11.9 Å². The fraction of sp³-hybridized carbons (Fsp3) is 0.667. The van der Waals surface area contributed by atoms with Crippen LogP contribution < -0.4 is 0 Å². The van der Waals surface area contributed by atoms with E-state index in [2.05, 4.69) is 4.74 Å². The summed E-state index contributed by atoms with van der Waals surface area (Å²) in [6, 6.07) is 0. The molecule has 0 aromatic rings. The maximum atomic E-state index is 10.5. The number of aliphatic hydroxyl groups is 1. The van der Waals surface area contributed by atoms with Gasteiger partial charge in [0.1, 0.15) is 0 Å². The van der Waals surface area contributed by atoms with Gasteiger partial charge in [0.25, 0.3) is 0 Å². The number of ether oxygens (including phenoxy) is 1. The first-order valence-corrected chi connectivity index (χ1v) is 3.14. The van der Waals surface area contributed by atoms with Crippen molar-refractivity contribution < 1.29 is 24.5 Å². The van der Waals surface area contributed by atoms with E-state index >= 15 is 0 Å². The Morgan fingerprint density at radius 3 is 2.45 bits per heavy atom. The smallest absolute Gasteiger partial charge is 0.333 e. The molecule has 0 fully saturated rings. The number of carboxylic acids is 1. The van der Waals surface area contributed by atoms with Crippen molar-refractivity contribution in [2.45, 2.75) is 19.4 Å². The third-order valence-electron chi connectivity index (χ3n) is 0.950. The molecule has 5 nitrogen and oxygen atoms in total. The van der Waals surface area contributed by atoms with E-state index in [-0.39, 0.29) is 6.61 Å². The summed E-state index contributed by atoms with van der Waals surface area (Å²) >= 11 is 0. The Kier molecular flexibility index (Phi) is 4.21. The van der Waals surface area contributed by atoms with Gasteiger partial charge in [-0.05, 0) is 6.92 Å². The van der Waals surface area contributed by atoms with Crippen LogP contribution in [0.2, 0.25) is 0 Å². The van der Waals surface area contributed by atoms with Crippen molar-refractivity contribution in [2.75, 3.05) is 6.61 Å². The number of carbonyl (C=O) groups excluding carboxylic acids is 1. The zero-order valence-electron chi connectivity index (χ0n) is 6.11. The quantitative estimate of drug-likeness (QED) is 0.538. The number of hydrogen-bond acceptors (Lipinski definition) is 4. The molecule has 0 unspecified atom stereocenters. The van der Waals surface area contributed by atoms with E-state index in [4.69, 9.17) is 10.2 Å². The van der Waals surface area contributed by atoms with Crippen LogP contribution in [0.25, 0.3) is 0 Å². The lowest BCUT2D eigenvalue weighted by molar-refractivity contribution is -0.155. The van der Waals surface area contributed by atoms with Gasteiger partial charge in [-0.1, -0.05) is 0 Å². The molecule has 0 amide bonds. The minimum Gasteiger partial charge on any atom is -0.479 e. The van der Waals surface area contributed by atoms with Gasteiger partial charge in [-0.15, -0.1) is 0 Å². The summed E-state index contributed by atoms with van der Waals surface area (Å²) in [5.41, 5.74) is 0. The Bertz CT molecular complexity index is 153. The lowest BCUT2D eigenvalue weighted by Gasteiger charge is -2.03. The highest BCUT2D eigenvalue weighted by Crippen LogP contribution is 1.94. The average molecular weight is 162 g/mol. The lowest BCUT2D eigenvalue weighted by Crippen LogP contribution is -2.24. The summed E-state index contributed by atoms with van der Waals surface area (Å²) in [4.78, 5) is 20.5. The van der Waals surface area contributed by atoms with Crippen molar-refractivity contribution in [3.63, 3.8) is 0 Å². The number of aliphatic carboxylic acids is 1. The van der Waals surface area contributed by atoms with Crippen molar-refractivity contribution in [3.8, 4) is 0 Å². The minimum atomic E-state index is -1.66. The monoisotopic (exact) mass is 162 g/mol. The van der Waals surface area contributed by atoms with E-state index in [1.54, 1.807) is 6.92 Å². The minimum absolute atomic E-state index is 0.186. The lowest BCUT2D eigenvalue weighted by atomic mass is 10.2. The van der Waals surface area contributed by atoms with Crippen molar-refractivity contribution in [1.29, 1.82) is 0 Å². The maximum absolute atomic E-state index is 10.5. The summed E-state index contributed by atoms with van der Waals surface area (Å²) in [6.45, 7) is 1.79. The molecular weight excluding hydrogens is 152 g/mol. The van der Waals surface area contributed by atoms with Gasteiger partial charge in [0.15, 0.2) is 6.10 Å². The standard InChI is InChI=1S/C6H10O5/c1-2-11-5(8)3-4(7)6(9)10/h4,7H,2-3H2,1H3,(H,9,10)/t4-/m1/s1. The number of carboxylic acid groups (broad SMARTS) is 1. The Morgan fingerprint density at radius 2 is 2.09 bits per heavy atom. The summed E-state index contributed by atoms with van der Waals surface area (Å²) < 4.78 is 4.40. The second-order valence-corrected chi connectivity index (χ2v) is 1.86. The van der Waals surface area contributed by atoms with Crippen LogP contribution >= 0.6 is 0 Å². The molecule has 1 atom stereocenters. The van der Waals surface area contributed by atoms with Crippen molar-refractivity contribution in [2.24, 2.45) is 0 Å². The molecule has 11 heavy (non-hydrogen) atoms. The van der Waals surface area contributed by atoms with Gasteiger partial charge in [0.05, 0.1) is 13.0 Å². The van der Waals surface area contributed by atoms with E-state index in [0.717, 1.165) is 0 Å². The molecule has 64 valence electrons. The maximum Gasteiger partial charge on any atom is 0.333 e. The second-order valence-electron chi connectivity index (χ2n) is 1.86. The second kappa shape index (κ2) is 4.68. The molecule has 0 radical (unpaired) electrons. The molecule has 0 saturated heterocycles. The molecule has 0 heterocycles. The van der Waals surface area contributed by atoms with Crippen molar-refractivity contribution in [1.82, 2.24) is 0 Å². The van der Waals surface area contributed by atoms with Crippen LogP contribution in [0, 0.1) is 0 Å². The van der Waals surface area contributed by atoms with Gasteiger partial charge in [-0.25, -0.2) is 4.79 Å². The molecule has 0 aromatic carbocycles. The highest BCUT2D eigenvalue weighted by molar-refractivity contribution is 5.80. The Hall–Kier alpha value is -1.10. The first-order valence-electron chi connectivity index (χ1n) is 3.14. The number of aliphatic hydroxyl groups excluding tert-OH is 1. The Labute approximate surface area is 63.6 Å². The van der Waals surface area contributed by atoms with Gasteiger partial charge in [-0.2, -0.15) is 0 Å². The normalized spacial score (nSPS) is 12.2. The fourth-order valence-corrected chi connectivity index (χ4v) is 0.465. The molecule has 0 aliphatic rings. The first kappa shape index (κ1) is 9.90. The van der Waals surface area contributed by atoms with Gasteiger partial charge in [-0.3, -0.25) is 4.79 Å². The van der Waals surface area contributed by atoms with Gasteiger partial charge < -0.3 is 14.9 Å². The Morgan fingerprint density at radius 1 is 1.55 bits per heavy atom. The average Bonchev–Trinajstić information content (AvgIpc) is 1.87. The molecule has 2 N–H and O–H groups in total. The largest absolute Gasteiger partial charge is 0.479 e. The molecule has 0 bridgehead atoms. The molecule has 5 heteroatoms. The molecule has 0 aliphatic heterocycles. The van der Waals surface area contributed by atoms with E-state index < -0.39 is 24.5 Å². The summed E-state index contributed by atoms with van der Waals surface area (Å²) in [5.74, 6) is -2.12. The summed E-state index contributed by atoms with van der Waals surface area (Å²) in [5, 5.41) is 16.8. The molecule has 0 saturated carbocycles. The van der Waals surface area contributed by atoms with Crippen LogP contribution in [0.15, 0.2) is 0 Å². The van der Waals surface area contributed by atoms with Gasteiger partial charge in [0, 0.05) is 0 Å². The van der Waals surface area contributed by atoms with Gasteiger partial charge >= 0.3 is 11.9 Å². The first-order chi connectivity index (χ1) is 5.07. The molecular formula is C6H10O5. The van der Waals surface area contributed by atoms with Crippen LogP contribution in [0.5, 0.6) is 0 Å². The number of esters is 1.